The Kier molecular flexibility index (Phi) is 4.60. The van der Waals surface area contributed by atoms with Gasteiger partial charge in [-0.05, 0) is 42.8 Å². The second kappa shape index (κ2) is 7.43. The van der Waals surface area contributed by atoms with E-state index in [2.05, 4.69) is 16.2 Å². The Morgan fingerprint density at radius 3 is 2.70 bits per heavy atom. The predicted molar refractivity (Wildman–Crippen MR) is 117 cm³/mol. The molecule has 5 rings (SSSR count). The van der Waals surface area contributed by atoms with E-state index in [1.54, 1.807) is 12.1 Å². The van der Waals surface area contributed by atoms with Crippen LogP contribution in [-0.4, -0.2) is 21.6 Å². The molecule has 0 saturated carbocycles. The Balaban J connectivity index is 1.61. The number of carbonyl (C=O) groups is 1. The standard InChI is InChI=1S/C24H18ClN3O2/c1-15-9-10-19-17(12-15)13-18(23(25)26-19)21-14-20(16-6-3-2-4-7-16)27-28(21)24(29)22-8-5-11-30-22/h2-13,21H,14H2,1H3. The van der Waals surface area contributed by atoms with Gasteiger partial charge in [-0.15, -0.1) is 0 Å². The number of furan rings is 1. The Labute approximate surface area is 178 Å². The lowest BCUT2D eigenvalue weighted by Gasteiger charge is -2.22. The number of aromatic nitrogens is 1. The molecule has 0 fully saturated rings. The lowest BCUT2D eigenvalue weighted by Crippen LogP contribution is -2.27. The number of aryl methyl sites for hydroxylation is 1. The van der Waals surface area contributed by atoms with Gasteiger partial charge in [-0.3, -0.25) is 4.79 Å². The van der Waals surface area contributed by atoms with Gasteiger partial charge < -0.3 is 4.42 Å². The molecule has 0 spiro atoms. The molecule has 1 aliphatic heterocycles. The van der Waals surface area contributed by atoms with Crippen molar-refractivity contribution in [1.29, 1.82) is 0 Å². The summed E-state index contributed by atoms with van der Waals surface area (Å²) in [6, 6.07) is 20.8. The maximum atomic E-state index is 13.2. The number of halogens is 1. The van der Waals surface area contributed by atoms with Gasteiger partial charge in [-0.1, -0.05) is 53.6 Å². The summed E-state index contributed by atoms with van der Waals surface area (Å²) in [4.78, 5) is 17.7. The van der Waals surface area contributed by atoms with Crippen molar-refractivity contribution in [3.8, 4) is 0 Å². The minimum Gasteiger partial charge on any atom is -0.459 e. The maximum Gasteiger partial charge on any atom is 0.310 e. The monoisotopic (exact) mass is 415 g/mol. The zero-order valence-electron chi connectivity index (χ0n) is 16.2. The number of hydrogen-bond donors (Lipinski definition) is 0. The summed E-state index contributed by atoms with van der Waals surface area (Å²) in [7, 11) is 0. The van der Waals surface area contributed by atoms with Gasteiger partial charge >= 0.3 is 5.91 Å². The average Bonchev–Trinajstić information content (AvgIpc) is 3.44. The zero-order valence-corrected chi connectivity index (χ0v) is 17.0. The summed E-state index contributed by atoms with van der Waals surface area (Å²) in [6.07, 6.45) is 2.02. The van der Waals surface area contributed by atoms with Crippen LogP contribution in [-0.2, 0) is 0 Å². The fourth-order valence-corrected chi connectivity index (χ4v) is 4.05. The topological polar surface area (TPSA) is 58.7 Å². The molecule has 1 unspecified atom stereocenters. The molecule has 0 N–H and O–H groups in total. The van der Waals surface area contributed by atoms with Gasteiger partial charge in [0.1, 0.15) is 5.15 Å². The fourth-order valence-electron chi connectivity index (χ4n) is 3.78. The highest BCUT2D eigenvalue weighted by atomic mass is 35.5. The molecule has 6 heteroatoms. The largest absolute Gasteiger partial charge is 0.459 e. The summed E-state index contributed by atoms with van der Waals surface area (Å²) in [6.45, 7) is 2.03. The molecule has 0 bridgehead atoms. The Morgan fingerprint density at radius 1 is 1.10 bits per heavy atom. The molecule has 1 atom stereocenters. The van der Waals surface area contributed by atoms with Crippen LogP contribution in [0.4, 0.5) is 0 Å². The van der Waals surface area contributed by atoms with Gasteiger partial charge in [-0.2, -0.15) is 5.10 Å². The molecular weight excluding hydrogens is 398 g/mol. The van der Waals surface area contributed by atoms with E-state index in [4.69, 9.17) is 16.0 Å². The van der Waals surface area contributed by atoms with Crippen LogP contribution in [0.2, 0.25) is 5.15 Å². The number of hydrazone groups is 1. The molecule has 0 radical (unpaired) electrons. The van der Waals surface area contributed by atoms with Gasteiger partial charge in [0.15, 0.2) is 5.76 Å². The molecule has 1 amide bonds. The van der Waals surface area contributed by atoms with Crippen molar-refractivity contribution >= 4 is 34.1 Å². The number of pyridine rings is 1. The van der Waals surface area contributed by atoms with Crippen LogP contribution in [0, 0.1) is 6.92 Å². The van der Waals surface area contributed by atoms with Crippen LogP contribution < -0.4 is 0 Å². The van der Waals surface area contributed by atoms with E-state index in [1.807, 2.05) is 55.5 Å². The van der Waals surface area contributed by atoms with E-state index in [9.17, 15) is 4.79 Å². The molecule has 148 valence electrons. The van der Waals surface area contributed by atoms with Gasteiger partial charge in [0.2, 0.25) is 0 Å². The molecule has 2 aromatic carbocycles. The van der Waals surface area contributed by atoms with Crippen LogP contribution in [0.5, 0.6) is 0 Å². The highest BCUT2D eigenvalue weighted by molar-refractivity contribution is 6.30. The lowest BCUT2D eigenvalue weighted by atomic mass is 9.98. The Hall–Kier alpha value is -3.44. The molecule has 3 heterocycles. The Bertz CT molecular complexity index is 1270. The van der Waals surface area contributed by atoms with E-state index in [1.165, 1.54) is 11.3 Å². The molecule has 0 saturated heterocycles. The maximum absolute atomic E-state index is 13.2. The van der Waals surface area contributed by atoms with Crippen molar-refractivity contribution < 1.29 is 9.21 Å². The van der Waals surface area contributed by atoms with Crippen molar-refractivity contribution in [3.05, 3.63) is 101 Å². The van der Waals surface area contributed by atoms with E-state index in [0.717, 1.165) is 33.3 Å². The minimum absolute atomic E-state index is 0.235. The summed E-state index contributed by atoms with van der Waals surface area (Å²) in [5.74, 6) is -0.0740. The first kappa shape index (κ1) is 18.6. The first-order valence-electron chi connectivity index (χ1n) is 9.67. The van der Waals surface area contributed by atoms with Crippen molar-refractivity contribution in [2.75, 3.05) is 0 Å². The van der Waals surface area contributed by atoms with Crippen molar-refractivity contribution in [2.24, 2.45) is 5.10 Å². The molecule has 2 aromatic heterocycles. The first-order valence-corrected chi connectivity index (χ1v) is 10.0. The van der Waals surface area contributed by atoms with E-state index < -0.39 is 0 Å². The van der Waals surface area contributed by atoms with Crippen LogP contribution in [0.1, 0.15) is 39.7 Å². The minimum atomic E-state index is -0.372. The predicted octanol–water partition coefficient (Wildman–Crippen LogP) is 5.78. The fraction of sp³-hybridized carbons (Fsp3) is 0.125. The van der Waals surface area contributed by atoms with Crippen LogP contribution in [0.25, 0.3) is 10.9 Å². The molecule has 1 aliphatic rings. The second-order valence-corrected chi connectivity index (χ2v) is 7.68. The number of rotatable bonds is 3. The van der Waals surface area contributed by atoms with Gasteiger partial charge in [0, 0.05) is 17.4 Å². The van der Waals surface area contributed by atoms with E-state index in [0.29, 0.717) is 11.6 Å². The quantitative estimate of drug-likeness (QED) is 0.398. The van der Waals surface area contributed by atoms with E-state index >= 15 is 0 Å². The van der Waals surface area contributed by atoms with Crippen LogP contribution in [0.15, 0.2) is 82.5 Å². The van der Waals surface area contributed by atoms with Gasteiger partial charge in [-0.25, -0.2) is 9.99 Å². The first-order chi connectivity index (χ1) is 14.6. The number of carbonyl (C=O) groups excluding carboxylic acids is 1. The van der Waals surface area contributed by atoms with Crippen LogP contribution in [0.3, 0.4) is 0 Å². The SMILES string of the molecule is Cc1ccc2nc(Cl)c(C3CC(c4ccccc4)=NN3C(=O)c3ccco3)cc2c1. The summed E-state index contributed by atoms with van der Waals surface area (Å²) >= 11 is 6.59. The second-order valence-electron chi connectivity index (χ2n) is 7.32. The third-order valence-corrected chi connectivity index (χ3v) is 5.57. The Morgan fingerprint density at radius 2 is 1.93 bits per heavy atom. The van der Waals surface area contributed by atoms with Gasteiger partial charge in [0.25, 0.3) is 0 Å². The molecule has 4 aromatic rings. The molecule has 0 aliphatic carbocycles. The summed E-state index contributed by atoms with van der Waals surface area (Å²) in [5.41, 5.74) is 4.51. The highest BCUT2D eigenvalue weighted by Gasteiger charge is 2.36. The number of hydrogen-bond acceptors (Lipinski definition) is 4. The number of nitrogens with zero attached hydrogens (tertiary/aromatic N) is 3. The third-order valence-electron chi connectivity index (χ3n) is 5.27. The smallest absolute Gasteiger partial charge is 0.310 e. The number of benzene rings is 2. The normalized spacial score (nSPS) is 16.1. The number of fused-ring (bicyclic) bond motifs is 1. The summed E-state index contributed by atoms with van der Waals surface area (Å²) in [5, 5.41) is 7.48. The number of amides is 1. The highest BCUT2D eigenvalue weighted by Crippen LogP contribution is 2.38. The molecular formula is C24H18ClN3O2. The lowest BCUT2D eigenvalue weighted by molar-refractivity contribution is 0.0678. The third kappa shape index (κ3) is 3.27. The molecule has 30 heavy (non-hydrogen) atoms. The average molecular weight is 416 g/mol. The van der Waals surface area contributed by atoms with Crippen molar-refractivity contribution in [2.45, 2.75) is 19.4 Å². The van der Waals surface area contributed by atoms with Crippen LogP contribution >= 0.6 is 11.6 Å². The van der Waals surface area contributed by atoms with Gasteiger partial charge in [0.05, 0.1) is 23.5 Å². The zero-order chi connectivity index (χ0) is 20.7. The molecule has 5 nitrogen and oxygen atoms in total. The van der Waals surface area contributed by atoms with E-state index in [-0.39, 0.29) is 17.7 Å². The van der Waals surface area contributed by atoms with Crippen molar-refractivity contribution in [3.63, 3.8) is 0 Å². The summed E-state index contributed by atoms with van der Waals surface area (Å²) < 4.78 is 5.34. The van der Waals surface area contributed by atoms with Crippen molar-refractivity contribution in [1.82, 2.24) is 9.99 Å².